The van der Waals surface area contributed by atoms with Crippen LogP contribution in [0, 0.1) is 16.7 Å². The van der Waals surface area contributed by atoms with Crippen molar-refractivity contribution in [3.63, 3.8) is 0 Å². The van der Waals surface area contributed by atoms with Crippen molar-refractivity contribution >= 4 is 23.3 Å². The van der Waals surface area contributed by atoms with Gasteiger partial charge in [0.15, 0.2) is 0 Å². The Morgan fingerprint density at radius 1 is 1.50 bits per heavy atom. The number of nitrogens with one attached hydrogen (secondary N) is 1. The zero-order chi connectivity index (χ0) is 13.0. The molecule has 1 amide bonds. The molecule has 1 aromatic heterocycles. The topological polar surface area (TPSA) is 75.0 Å². The molecule has 5 nitrogen and oxygen atoms in total. The predicted molar refractivity (Wildman–Crippen MR) is 66.0 cm³/mol. The van der Waals surface area contributed by atoms with E-state index in [0.717, 1.165) is 0 Å². The lowest BCUT2D eigenvalue weighted by Crippen LogP contribution is -2.40. The first-order valence-electron chi connectivity index (χ1n) is 5.58. The van der Waals surface area contributed by atoms with Crippen LogP contribution in [-0.2, 0) is 9.53 Å². The lowest BCUT2D eigenvalue weighted by Gasteiger charge is -2.28. The Kier molecular flexibility index (Phi) is 3.80. The van der Waals surface area contributed by atoms with Crippen molar-refractivity contribution in [3.8, 4) is 6.07 Å². The minimum Gasteiger partial charge on any atom is -0.381 e. The van der Waals surface area contributed by atoms with Gasteiger partial charge in [0.05, 0.1) is 11.1 Å². The maximum Gasteiger partial charge on any atom is 0.246 e. The zero-order valence-corrected chi connectivity index (χ0v) is 10.4. The van der Waals surface area contributed by atoms with E-state index in [2.05, 4.69) is 16.4 Å². The molecule has 0 bridgehead atoms. The highest BCUT2D eigenvalue weighted by molar-refractivity contribution is 6.30. The lowest BCUT2D eigenvalue weighted by atomic mass is 9.81. The molecule has 0 unspecified atom stereocenters. The van der Waals surface area contributed by atoms with Crippen LogP contribution in [0.2, 0.25) is 5.02 Å². The Bertz CT molecular complexity index is 475. The summed E-state index contributed by atoms with van der Waals surface area (Å²) in [5.41, 5.74) is -1.01. The van der Waals surface area contributed by atoms with Crippen molar-refractivity contribution in [3.05, 3.63) is 23.4 Å². The standard InChI is InChI=1S/C12H12ClN3O2/c13-9-1-2-10(15-7-9)16-11(17)12(8-14)3-5-18-6-4-12/h1-2,7H,3-6H2,(H,15,16,17). The number of hydrogen-bond donors (Lipinski definition) is 1. The molecule has 18 heavy (non-hydrogen) atoms. The summed E-state index contributed by atoms with van der Waals surface area (Å²) >= 11 is 5.71. The summed E-state index contributed by atoms with van der Waals surface area (Å²) in [5.74, 6) is 0.0636. The Morgan fingerprint density at radius 2 is 2.22 bits per heavy atom. The Balaban J connectivity index is 2.11. The highest BCUT2D eigenvalue weighted by Gasteiger charge is 2.40. The van der Waals surface area contributed by atoms with Crippen LogP contribution in [0.5, 0.6) is 0 Å². The normalized spacial score (nSPS) is 17.8. The Morgan fingerprint density at radius 3 is 2.78 bits per heavy atom. The molecule has 0 radical (unpaired) electrons. The number of halogens is 1. The van der Waals surface area contributed by atoms with E-state index in [4.69, 9.17) is 16.3 Å². The molecule has 1 aliphatic rings. The Hall–Kier alpha value is -1.64. The van der Waals surface area contributed by atoms with Crippen LogP contribution >= 0.6 is 11.6 Å². The summed E-state index contributed by atoms with van der Waals surface area (Å²) in [6, 6.07) is 5.34. The fourth-order valence-corrected chi connectivity index (χ4v) is 1.91. The van der Waals surface area contributed by atoms with Gasteiger partial charge in [-0.05, 0) is 25.0 Å². The number of amides is 1. The van der Waals surface area contributed by atoms with Crippen LogP contribution in [0.1, 0.15) is 12.8 Å². The number of ether oxygens (including phenoxy) is 1. The second-order valence-corrected chi connectivity index (χ2v) is 4.56. The number of hydrogen-bond acceptors (Lipinski definition) is 4. The minimum absolute atomic E-state index is 0.330. The third-order valence-electron chi connectivity index (χ3n) is 2.96. The van der Waals surface area contributed by atoms with Crippen molar-refractivity contribution in [1.82, 2.24) is 4.98 Å². The summed E-state index contributed by atoms with van der Waals surface area (Å²) < 4.78 is 5.18. The summed E-state index contributed by atoms with van der Waals surface area (Å²) in [6.45, 7) is 0.851. The average Bonchev–Trinajstić information content (AvgIpc) is 2.42. The Labute approximate surface area is 110 Å². The van der Waals surface area contributed by atoms with Crippen molar-refractivity contribution in [2.24, 2.45) is 5.41 Å². The quantitative estimate of drug-likeness (QED) is 0.887. The van der Waals surface area contributed by atoms with Crippen molar-refractivity contribution in [2.45, 2.75) is 12.8 Å². The largest absolute Gasteiger partial charge is 0.381 e. The molecule has 1 saturated heterocycles. The summed E-state index contributed by atoms with van der Waals surface area (Å²) in [7, 11) is 0. The molecular formula is C12H12ClN3O2. The molecule has 0 atom stereocenters. The first-order chi connectivity index (χ1) is 8.66. The monoisotopic (exact) mass is 265 g/mol. The van der Waals surface area contributed by atoms with E-state index < -0.39 is 5.41 Å². The van der Waals surface area contributed by atoms with E-state index >= 15 is 0 Å². The number of anilines is 1. The van der Waals surface area contributed by atoms with Gasteiger partial charge in [0.25, 0.3) is 0 Å². The van der Waals surface area contributed by atoms with Gasteiger partial charge in [-0.25, -0.2) is 4.98 Å². The molecule has 1 fully saturated rings. The van der Waals surface area contributed by atoms with Crippen LogP contribution in [0.15, 0.2) is 18.3 Å². The van der Waals surface area contributed by atoms with Crippen LogP contribution in [0.25, 0.3) is 0 Å². The first-order valence-corrected chi connectivity index (χ1v) is 5.96. The predicted octanol–water partition coefficient (Wildman–Crippen LogP) is 1.99. The fourth-order valence-electron chi connectivity index (χ4n) is 1.80. The minimum atomic E-state index is -1.01. The molecule has 0 spiro atoms. The maximum atomic E-state index is 12.1. The number of carbonyl (C=O) groups excluding carboxylic acids is 1. The van der Waals surface area contributed by atoms with Crippen LogP contribution < -0.4 is 5.32 Å². The van der Waals surface area contributed by atoms with Gasteiger partial charge in [-0.1, -0.05) is 11.6 Å². The lowest BCUT2D eigenvalue weighted by molar-refractivity contribution is -0.126. The van der Waals surface area contributed by atoms with Gasteiger partial charge in [0.2, 0.25) is 5.91 Å². The number of carbonyl (C=O) groups is 1. The number of nitrogens with zero attached hydrogens (tertiary/aromatic N) is 2. The highest BCUT2D eigenvalue weighted by atomic mass is 35.5. The molecule has 94 valence electrons. The van der Waals surface area contributed by atoms with E-state index in [1.165, 1.54) is 6.20 Å². The number of pyridine rings is 1. The molecule has 0 aliphatic carbocycles. The van der Waals surface area contributed by atoms with E-state index in [9.17, 15) is 10.1 Å². The van der Waals surface area contributed by atoms with E-state index in [0.29, 0.717) is 36.9 Å². The molecule has 2 heterocycles. The van der Waals surface area contributed by atoms with Crippen molar-refractivity contribution in [2.75, 3.05) is 18.5 Å². The number of aromatic nitrogens is 1. The van der Waals surface area contributed by atoms with Gasteiger partial charge < -0.3 is 10.1 Å². The van der Waals surface area contributed by atoms with Gasteiger partial charge >= 0.3 is 0 Å². The van der Waals surface area contributed by atoms with Crippen LogP contribution in [0.3, 0.4) is 0 Å². The molecule has 1 N–H and O–H groups in total. The average molecular weight is 266 g/mol. The second kappa shape index (κ2) is 5.34. The van der Waals surface area contributed by atoms with E-state index in [1.54, 1.807) is 12.1 Å². The molecule has 1 aliphatic heterocycles. The third kappa shape index (κ3) is 2.61. The zero-order valence-electron chi connectivity index (χ0n) is 9.65. The summed E-state index contributed by atoms with van der Waals surface area (Å²) in [4.78, 5) is 16.1. The van der Waals surface area contributed by atoms with E-state index in [-0.39, 0.29) is 5.91 Å². The smallest absolute Gasteiger partial charge is 0.246 e. The van der Waals surface area contributed by atoms with Gasteiger partial charge in [-0.3, -0.25) is 4.79 Å². The van der Waals surface area contributed by atoms with Gasteiger partial charge in [-0.2, -0.15) is 5.26 Å². The van der Waals surface area contributed by atoms with E-state index in [1.807, 2.05) is 0 Å². The molecule has 0 aromatic carbocycles. The van der Waals surface area contributed by atoms with Gasteiger partial charge in [0.1, 0.15) is 11.2 Å². The van der Waals surface area contributed by atoms with Gasteiger partial charge in [-0.15, -0.1) is 0 Å². The SMILES string of the molecule is N#CC1(C(=O)Nc2ccc(Cl)cn2)CCOCC1. The molecule has 2 rings (SSSR count). The van der Waals surface area contributed by atoms with Crippen molar-refractivity contribution in [1.29, 1.82) is 5.26 Å². The maximum absolute atomic E-state index is 12.1. The van der Waals surface area contributed by atoms with Gasteiger partial charge in [0, 0.05) is 19.4 Å². The molecule has 0 saturated carbocycles. The van der Waals surface area contributed by atoms with Crippen LogP contribution in [0.4, 0.5) is 5.82 Å². The number of nitriles is 1. The fraction of sp³-hybridized carbons (Fsp3) is 0.417. The second-order valence-electron chi connectivity index (χ2n) is 4.12. The molecule has 1 aromatic rings. The van der Waals surface area contributed by atoms with Crippen LogP contribution in [-0.4, -0.2) is 24.1 Å². The molecular weight excluding hydrogens is 254 g/mol. The summed E-state index contributed by atoms with van der Waals surface area (Å²) in [6.07, 6.45) is 2.26. The summed E-state index contributed by atoms with van der Waals surface area (Å²) in [5, 5.41) is 12.4. The van der Waals surface area contributed by atoms with Crippen molar-refractivity contribution < 1.29 is 9.53 Å². The highest BCUT2D eigenvalue weighted by Crippen LogP contribution is 2.31. The molecule has 6 heteroatoms. The first kappa shape index (κ1) is 12.8. The third-order valence-corrected chi connectivity index (χ3v) is 3.19. The number of rotatable bonds is 2.